The molecule has 1 amide bonds. The van der Waals surface area contributed by atoms with Gasteiger partial charge in [-0.2, -0.15) is 0 Å². The number of carbonyl (C=O) groups excluding carboxylic acids is 1. The highest BCUT2D eigenvalue weighted by Crippen LogP contribution is 2.15. The van der Waals surface area contributed by atoms with E-state index in [1.807, 2.05) is 18.2 Å². The molecule has 8 heteroatoms. The molecule has 0 aliphatic carbocycles. The van der Waals surface area contributed by atoms with E-state index >= 15 is 0 Å². The van der Waals surface area contributed by atoms with E-state index in [2.05, 4.69) is 25.2 Å². The second-order valence-electron chi connectivity index (χ2n) is 5.31. The number of nitrogens with one attached hydrogen (secondary N) is 1. The van der Waals surface area contributed by atoms with Crippen molar-refractivity contribution < 1.29 is 18.9 Å². The number of nitrogens with zero attached hydrogens (tertiary/aromatic N) is 3. The van der Waals surface area contributed by atoms with E-state index in [4.69, 9.17) is 9.47 Å². The number of amides is 1. The SMILES string of the molecule is Cc1nonc1C(=O)N[C@@H]1COCC[C@H]1OCc1ccccn1. The maximum atomic E-state index is 12.2. The van der Waals surface area contributed by atoms with Crippen LogP contribution >= 0.6 is 0 Å². The second kappa shape index (κ2) is 7.30. The van der Waals surface area contributed by atoms with E-state index in [1.54, 1.807) is 13.1 Å². The molecule has 2 aromatic rings. The lowest BCUT2D eigenvalue weighted by Crippen LogP contribution is -2.50. The smallest absolute Gasteiger partial charge is 0.275 e. The Labute approximate surface area is 133 Å². The number of pyridine rings is 1. The maximum absolute atomic E-state index is 12.2. The Balaban J connectivity index is 1.60. The monoisotopic (exact) mass is 318 g/mol. The van der Waals surface area contributed by atoms with Gasteiger partial charge in [-0.3, -0.25) is 9.78 Å². The van der Waals surface area contributed by atoms with Crippen LogP contribution in [0.15, 0.2) is 29.0 Å². The molecule has 122 valence electrons. The van der Waals surface area contributed by atoms with Crippen LogP contribution in [0.1, 0.15) is 28.3 Å². The molecule has 3 rings (SSSR count). The summed E-state index contributed by atoms with van der Waals surface area (Å²) in [4.78, 5) is 16.4. The molecule has 1 fully saturated rings. The summed E-state index contributed by atoms with van der Waals surface area (Å²) in [6.45, 7) is 3.05. The highest BCUT2D eigenvalue weighted by atomic mass is 16.6. The Kier molecular flexibility index (Phi) is 4.94. The van der Waals surface area contributed by atoms with E-state index in [1.165, 1.54) is 0 Å². The number of aromatic nitrogens is 3. The summed E-state index contributed by atoms with van der Waals surface area (Å²) in [5.74, 6) is -0.342. The Bertz CT molecular complexity index is 646. The zero-order valence-electron chi connectivity index (χ0n) is 12.8. The van der Waals surface area contributed by atoms with Crippen LogP contribution in [0.5, 0.6) is 0 Å². The Morgan fingerprint density at radius 3 is 3.09 bits per heavy atom. The third kappa shape index (κ3) is 3.91. The minimum atomic E-state index is -0.342. The predicted octanol–water partition coefficient (Wildman–Crippen LogP) is 0.877. The highest BCUT2D eigenvalue weighted by Gasteiger charge is 2.29. The zero-order valence-corrected chi connectivity index (χ0v) is 12.8. The quantitative estimate of drug-likeness (QED) is 0.873. The topological polar surface area (TPSA) is 99.4 Å². The van der Waals surface area contributed by atoms with Crippen LogP contribution in [0.25, 0.3) is 0 Å². The number of aryl methyl sites for hydroxylation is 1. The number of ether oxygens (including phenoxy) is 2. The van der Waals surface area contributed by atoms with Crippen molar-refractivity contribution in [3.05, 3.63) is 41.5 Å². The molecule has 0 unspecified atom stereocenters. The molecule has 8 nitrogen and oxygen atoms in total. The van der Waals surface area contributed by atoms with Crippen molar-refractivity contribution in [1.29, 1.82) is 0 Å². The lowest BCUT2D eigenvalue weighted by atomic mass is 10.1. The average molecular weight is 318 g/mol. The van der Waals surface area contributed by atoms with Crippen LogP contribution in [0, 0.1) is 6.92 Å². The molecule has 0 radical (unpaired) electrons. The third-order valence-electron chi connectivity index (χ3n) is 3.65. The van der Waals surface area contributed by atoms with Crippen molar-refractivity contribution in [2.24, 2.45) is 0 Å². The molecular weight excluding hydrogens is 300 g/mol. The van der Waals surface area contributed by atoms with Crippen molar-refractivity contribution in [2.75, 3.05) is 13.2 Å². The van der Waals surface area contributed by atoms with Crippen LogP contribution in [-0.2, 0) is 16.1 Å². The molecule has 0 bridgehead atoms. The van der Waals surface area contributed by atoms with Gasteiger partial charge in [-0.1, -0.05) is 11.2 Å². The molecule has 0 spiro atoms. The average Bonchev–Trinajstić information content (AvgIpc) is 3.01. The second-order valence-corrected chi connectivity index (χ2v) is 5.31. The van der Waals surface area contributed by atoms with Gasteiger partial charge in [0.05, 0.1) is 31.1 Å². The van der Waals surface area contributed by atoms with Crippen molar-refractivity contribution in [1.82, 2.24) is 20.6 Å². The van der Waals surface area contributed by atoms with Gasteiger partial charge >= 0.3 is 0 Å². The van der Waals surface area contributed by atoms with Gasteiger partial charge < -0.3 is 14.8 Å². The summed E-state index contributed by atoms with van der Waals surface area (Å²) < 4.78 is 15.9. The minimum Gasteiger partial charge on any atom is -0.379 e. The Morgan fingerprint density at radius 2 is 2.35 bits per heavy atom. The van der Waals surface area contributed by atoms with Crippen molar-refractivity contribution in [3.8, 4) is 0 Å². The van der Waals surface area contributed by atoms with E-state index in [-0.39, 0.29) is 23.7 Å². The molecular formula is C15H18N4O4. The van der Waals surface area contributed by atoms with Crippen molar-refractivity contribution >= 4 is 5.91 Å². The normalized spacial score (nSPS) is 21.1. The van der Waals surface area contributed by atoms with Crippen LogP contribution in [0.4, 0.5) is 0 Å². The standard InChI is InChI=1S/C15H18N4O4/c1-10-14(19-23-18-10)15(20)17-12-9-21-7-5-13(12)22-8-11-4-2-3-6-16-11/h2-4,6,12-13H,5,7-9H2,1H3,(H,17,20)/t12-,13-/m1/s1. The largest absolute Gasteiger partial charge is 0.379 e. The summed E-state index contributed by atoms with van der Waals surface area (Å²) in [6.07, 6.45) is 2.28. The number of hydrogen-bond acceptors (Lipinski definition) is 7. The van der Waals surface area contributed by atoms with E-state index < -0.39 is 0 Å². The molecule has 2 aromatic heterocycles. The van der Waals surface area contributed by atoms with Crippen LogP contribution in [0.3, 0.4) is 0 Å². The van der Waals surface area contributed by atoms with Gasteiger partial charge in [0.2, 0.25) is 0 Å². The molecule has 1 N–H and O–H groups in total. The van der Waals surface area contributed by atoms with E-state index in [0.29, 0.717) is 31.9 Å². The number of rotatable bonds is 5. The van der Waals surface area contributed by atoms with Crippen LogP contribution in [0.2, 0.25) is 0 Å². The molecule has 23 heavy (non-hydrogen) atoms. The lowest BCUT2D eigenvalue weighted by Gasteiger charge is -2.31. The van der Waals surface area contributed by atoms with Gasteiger partial charge in [-0.05, 0) is 30.6 Å². The third-order valence-corrected chi connectivity index (χ3v) is 3.65. The van der Waals surface area contributed by atoms with Gasteiger partial charge in [0.25, 0.3) is 5.91 Å². The fourth-order valence-corrected chi connectivity index (χ4v) is 2.40. The molecule has 2 atom stereocenters. The maximum Gasteiger partial charge on any atom is 0.275 e. The Hall–Kier alpha value is -2.32. The van der Waals surface area contributed by atoms with Crippen LogP contribution in [-0.4, -0.2) is 46.6 Å². The molecule has 3 heterocycles. The summed E-state index contributed by atoms with van der Waals surface area (Å²) in [5, 5.41) is 10.1. The first-order valence-electron chi connectivity index (χ1n) is 7.43. The van der Waals surface area contributed by atoms with Gasteiger partial charge in [0, 0.05) is 12.8 Å². The number of hydrogen-bond donors (Lipinski definition) is 1. The van der Waals surface area contributed by atoms with Gasteiger partial charge in [0.1, 0.15) is 5.69 Å². The fourth-order valence-electron chi connectivity index (χ4n) is 2.40. The van der Waals surface area contributed by atoms with Crippen LogP contribution < -0.4 is 5.32 Å². The summed E-state index contributed by atoms with van der Waals surface area (Å²) in [7, 11) is 0. The molecule has 1 saturated heterocycles. The molecule has 1 aliphatic heterocycles. The Morgan fingerprint density at radius 1 is 1.43 bits per heavy atom. The van der Waals surface area contributed by atoms with Gasteiger partial charge in [-0.25, -0.2) is 4.63 Å². The van der Waals surface area contributed by atoms with E-state index in [9.17, 15) is 4.79 Å². The van der Waals surface area contributed by atoms with Gasteiger partial charge in [0.15, 0.2) is 5.69 Å². The first kappa shape index (κ1) is 15.6. The van der Waals surface area contributed by atoms with E-state index in [0.717, 1.165) is 5.69 Å². The summed E-state index contributed by atoms with van der Waals surface area (Å²) >= 11 is 0. The first-order chi connectivity index (χ1) is 11.2. The molecule has 0 aromatic carbocycles. The van der Waals surface area contributed by atoms with Gasteiger partial charge in [-0.15, -0.1) is 0 Å². The highest BCUT2D eigenvalue weighted by molar-refractivity contribution is 5.93. The number of carbonyl (C=O) groups is 1. The summed E-state index contributed by atoms with van der Waals surface area (Å²) in [5.41, 5.74) is 1.48. The first-order valence-corrected chi connectivity index (χ1v) is 7.43. The van der Waals surface area contributed by atoms with Crippen molar-refractivity contribution in [2.45, 2.75) is 32.1 Å². The zero-order chi connectivity index (χ0) is 16.1. The predicted molar refractivity (Wildman–Crippen MR) is 78.5 cm³/mol. The molecule has 0 saturated carbocycles. The lowest BCUT2D eigenvalue weighted by molar-refractivity contribution is -0.0613. The summed E-state index contributed by atoms with van der Waals surface area (Å²) in [6, 6.07) is 5.41. The minimum absolute atomic E-state index is 0.144. The van der Waals surface area contributed by atoms with Crippen molar-refractivity contribution in [3.63, 3.8) is 0 Å². The fraction of sp³-hybridized carbons (Fsp3) is 0.467. The molecule has 1 aliphatic rings.